The lowest BCUT2D eigenvalue weighted by Gasteiger charge is -2.20. The predicted octanol–water partition coefficient (Wildman–Crippen LogP) is 4.27. The Labute approximate surface area is 193 Å². The van der Waals surface area contributed by atoms with Crippen LogP contribution in [0.1, 0.15) is 43.9 Å². The lowest BCUT2D eigenvalue weighted by molar-refractivity contribution is -0.136. The topological polar surface area (TPSA) is 103 Å². The smallest absolute Gasteiger partial charge is 0.336 e. The Balaban J connectivity index is 1.98. The van der Waals surface area contributed by atoms with E-state index < -0.39 is 27.7 Å². The summed E-state index contributed by atoms with van der Waals surface area (Å²) in [5.74, 6) is -0.458. The normalized spacial score (nSPS) is 12.8. The van der Waals surface area contributed by atoms with E-state index in [-0.39, 0.29) is 23.0 Å². The largest absolute Gasteiger partial charge is 0.425 e. The molecule has 0 spiro atoms. The van der Waals surface area contributed by atoms with Crippen LogP contribution in [0, 0.1) is 19.8 Å². The molecule has 1 atom stereocenters. The molecule has 33 heavy (non-hydrogen) atoms. The second-order valence-electron chi connectivity index (χ2n) is 8.62. The number of rotatable bonds is 8. The van der Waals surface area contributed by atoms with Crippen LogP contribution >= 0.6 is 0 Å². The number of esters is 1. The number of nitrogens with one attached hydrogen (secondary N) is 1. The van der Waals surface area contributed by atoms with Crippen molar-refractivity contribution in [3.05, 3.63) is 69.6 Å². The van der Waals surface area contributed by atoms with E-state index in [9.17, 15) is 18.0 Å². The van der Waals surface area contributed by atoms with Crippen molar-refractivity contribution in [3.63, 3.8) is 0 Å². The highest BCUT2D eigenvalue weighted by Crippen LogP contribution is 2.31. The molecule has 176 valence electrons. The Bertz CT molecular complexity index is 1320. The number of sulfonamides is 1. The van der Waals surface area contributed by atoms with Crippen molar-refractivity contribution in [2.45, 2.75) is 58.4 Å². The summed E-state index contributed by atoms with van der Waals surface area (Å²) >= 11 is 0. The Morgan fingerprint density at radius 1 is 1.06 bits per heavy atom. The van der Waals surface area contributed by atoms with Gasteiger partial charge in [0, 0.05) is 6.07 Å². The van der Waals surface area contributed by atoms with E-state index in [1.165, 1.54) is 18.2 Å². The summed E-state index contributed by atoms with van der Waals surface area (Å²) in [6, 6.07) is 10.1. The highest BCUT2D eigenvalue weighted by Gasteiger charge is 2.29. The molecule has 3 aromatic rings. The summed E-state index contributed by atoms with van der Waals surface area (Å²) in [7, 11) is -3.94. The standard InChI is InChI=1S/C25H29NO6S/c1-6-18-14-23(27)31-21-12-17(5)13-22(24(18)21)32-25(28)20(11-15(2)3)26-33(29,30)19-9-7-16(4)8-10-19/h7-10,12-15,20,26H,6,11H2,1-5H3/t20-/m1/s1. The van der Waals surface area contributed by atoms with Crippen molar-refractivity contribution >= 4 is 27.0 Å². The van der Waals surface area contributed by atoms with Gasteiger partial charge in [-0.15, -0.1) is 0 Å². The van der Waals surface area contributed by atoms with Crippen molar-refractivity contribution in [1.29, 1.82) is 0 Å². The number of fused-ring (bicyclic) bond motifs is 1. The third-order valence-electron chi connectivity index (χ3n) is 5.25. The molecule has 0 unspecified atom stereocenters. The minimum atomic E-state index is -3.94. The van der Waals surface area contributed by atoms with Crippen molar-refractivity contribution in [2.24, 2.45) is 5.92 Å². The maximum absolute atomic E-state index is 13.2. The molecule has 1 heterocycles. The summed E-state index contributed by atoms with van der Waals surface area (Å²) in [6.07, 6.45) is 0.786. The van der Waals surface area contributed by atoms with Gasteiger partial charge in [0.25, 0.3) is 0 Å². The van der Waals surface area contributed by atoms with Gasteiger partial charge in [0.05, 0.1) is 10.3 Å². The van der Waals surface area contributed by atoms with Gasteiger partial charge in [-0.1, -0.05) is 38.5 Å². The van der Waals surface area contributed by atoms with E-state index in [0.717, 1.165) is 11.1 Å². The third kappa shape index (κ3) is 5.89. The third-order valence-corrected chi connectivity index (χ3v) is 6.73. The first-order chi connectivity index (χ1) is 15.5. The molecule has 0 fully saturated rings. The van der Waals surface area contributed by atoms with E-state index in [2.05, 4.69) is 4.72 Å². The zero-order valence-electron chi connectivity index (χ0n) is 19.5. The first-order valence-electron chi connectivity index (χ1n) is 10.9. The molecule has 2 aromatic carbocycles. The highest BCUT2D eigenvalue weighted by atomic mass is 32.2. The summed E-state index contributed by atoms with van der Waals surface area (Å²) in [6.45, 7) is 9.33. The van der Waals surface area contributed by atoms with E-state index in [1.807, 2.05) is 27.7 Å². The Kier molecular flexibility index (Phi) is 7.39. The maximum atomic E-state index is 13.2. The fraction of sp³-hybridized carbons (Fsp3) is 0.360. The monoisotopic (exact) mass is 471 g/mol. The molecule has 0 bridgehead atoms. The van der Waals surface area contributed by atoms with Crippen molar-refractivity contribution in [2.75, 3.05) is 0 Å². The summed E-state index contributed by atoms with van der Waals surface area (Å²) < 4.78 is 39.4. The number of benzene rings is 2. The van der Waals surface area contributed by atoms with Gasteiger partial charge in [-0.3, -0.25) is 0 Å². The number of ether oxygens (including phenoxy) is 1. The van der Waals surface area contributed by atoms with Crippen LogP contribution < -0.4 is 15.1 Å². The van der Waals surface area contributed by atoms with Crippen molar-refractivity contribution < 1.29 is 22.4 Å². The molecular formula is C25H29NO6S. The van der Waals surface area contributed by atoms with E-state index in [4.69, 9.17) is 9.15 Å². The molecule has 1 N–H and O–H groups in total. The number of carbonyl (C=O) groups excluding carboxylic acids is 1. The van der Waals surface area contributed by atoms with Crippen molar-refractivity contribution in [1.82, 2.24) is 4.72 Å². The predicted molar refractivity (Wildman–Crippen MR) is 127 cm³/mol. The van der Waals surface area contributed by atoms with Gasteiger partial charge >= 0.3 is 11.6 Å². The van der Waals surface area contributed by atoms with Gasteiger partial charge in [0.15, 0.2) is 0 Å². The van der Waals surface area contributed by atoms with Crippen LogP contribution in [0.3, 0.4) is 0 Å². The minimum absolute atomic E-state index is 0.0294. The van der Waals surface area contributed by atoms with Gasteiger partial charge < -0.3 is 9.15 Å². The van der Waals surface area contributed by atoms with E-state index >= 15 is 0 Å². The molecule has 7 nitrogen and oxygen atoms in total. The van der Waals surface area contributed by atoms with Crippen LogP contribution in [-0.4, -0.2) is 20.4 Å². The molecule has 0 aliphatic carbocycles. The van der Waals surface area contributed by atoms with E-state index in [0.29, 0.717) is 23.0 Å². The maximum Gasteiger partial charge on any atom is 0.336 e. The first kappa shape index (κ1) is 24.7. The zero-order chi connectivity index (χ0) is 24.3. The highest BCUT2D eigenvalue weighted by molar-refractivity contribution is 7.89. The van der Waals surface area contributed by atoms with Gasteiger partial charge in [-0.2, -0.15) is 4.72 Å². The lowest BCUT2D eigenvalue weighted by atomic mass is 10.0. The average Bonchev–Trinajstić information content (AvgIpc) is 2.71. The van der Waals surface area contributed by atoms with E-state index in [1.54, 1.807) is 31.2 Å². The lowest BCUT2D eigenvalue weighted by Crippen LogP contribution is -2.43. The SMILES string of the molecule is CCc1cc(=O)oc2cc(C)cc(OC(=O)[C@@H](CC(C)C)NS(=O)(=O)c3ccc(C)cc3)c12. The van der Waals surface area contributed by atoms with Gasteiger partial charge in [-0.05, 0) is 68.0 Å². The number of carbonyl (C=O) groups is 1. The summed E-state index contributed by atoms with van der Waals surface area (Å²) in [5.41, 5.74) is 2.19. The quantitative estimate of drug-likeness (QED) is 0.299. The second kappa shape index (κ2) is 9.89. The van der Waals surface area contributed by atoms with Crippen LogP contribution in [0.15, 0.2) is 56.6 Å². The average molecular weight is 472 g/mol. The molecule has 3 rings (SSSR count). The zero-order valence-corrected chi connectivity index (χ0v) is 20.3. The molecule has 8 heteroatoms. The number of hydrogen-bond acceptors (Lipinski definition) is 6. The van der Waals surface area contributed by atoms with Crippen LogP contribution in [-0.2, 0) is 21.2 Å². The molecule has 0 aliphatic heterocycles. The fourth-order valence-electron chi connectivity index (χ4n) is 3.65. The van der Waals surface area contributed by atoms with Crippen LogP contribution in [0.2, 0.25) is 0 Å². The van der Waals surface area contributed by atoms with Crippen LogP contribution in [0.5, 0.6) is 5.75 Å². The summed E-state index contributed by atoms with van der Waals surface area (Å²) in [5, 5.41) is 0.528. The molecular weight excluding hydrogens is 442 g/mol. The minimum Gasteiger partial charge on any atom is -0.425 e. The van der Waals surface area contributed by atoms with Gasteiger partial charge in [0.2, 0.25) is 10.0 Å². The first-order valence-corrected chi connectivity index (χ1v) is 12.4. The molecule has 0 amide bonds. The Hall–Kier alpha value is -2.97. The summed E-state index contributed by atoms with van der Waals surface area (Å²) in [4.78, 5) is 25.2. The molecule has 0 aliphatic rings. The van der Waals surface area contributed by atoms with Gasteiger partial charge in [-0.25, -0.2) is 18.0 Å². The van der Waals surface area contributed by atoms with Crippen LogP contribution in [0.4, 0.5) is 0 Å². The number of aryl methyl sites for hydroxylation is 3. The molecule has 1 aromatic heterocycles. The molecule has 0 saturated carbocycles. The van der Waals surface area contributed by atoms with Gasteiger partial charge in [0.1, 0.15) is 17.4 Å². The fourth-order valence-corrected chi connectivity index (χ4v) is 4.84. The van der Waals surface area contributed by atoms with Crippen molar-refractivity contribution in [3.8, 4) is 5.75 Å². The number of hydrogen-bond donors (Lipinski definition) is 1. The second-order valence-corrected chi connectivity index (χ2v) is 10.3. The molecule has 0 radical (unpaired) electrons. The molecule has 0 saturated heterocycles. The van der Waals surface area contributed by atoms with Crippen LogP contribution in [0.25, 0.3) is 11.0 Å². The Morgan fingerprint density at radius 3 is 2.33 bits per heavy atom. The Morgan fingerprint density at radius 2 is 1.73 bits per heavy atom.